The molecular weight excluding hydrogens is 374 g/mol. The summed E-state index contributed by atoms with van der Waals surface area (Å²) < 4.78 is 33.2. The van der Waals surface area contributed by atoms with Crippen molar-refractivity contribution in [2.24, 2.45) is 5.41 Å². The van der Waals surface area contributed by atoms with Crippen LogP contribution in [0.2, 0.25) is 0 Å². The van der Waals surface area contributed by atoms with Crippen molar-refractivity contribution < 1.29 is 17.9 Å². The van der Waals surface area contributed by atoms with Gasteiger partial charge in [0.05, 0.1) is 12.9 Å². The Hall–Kier alpha value is -1.61. The highest BCUT2D eigenvalue weighted by molar-refractivity contribution is 7.92. The smallest absolute Gasteiger partial charge is 0.360 e. The number of carbonyl (C=O) groups is 1. The van der Waals surface area contributed by atoms with Crippen LogP contribution in [-0.2, 0) is 26.6 Å². The molecule has 0 spiro atoms. The van der Waals surface area contributed by atoms with Gasteiger partial charge in [-0.25, -0.2) is 18.2 Å². The molecule has 9 heteroatoms. The Morgan fingerprint density at radius 3 is 2.58 bits per heavy atom. The second-order valence-electron chi connectivity index (χ2n) is 8.30. The zero-order valence-electron chi connectivity index (χ0n) is 16.0. The maximum absolute atomic E-state index is 12.3. The van der Waals surface area contributed by atoms with Gasteiger partial charge in [0.1, 0.15) is 0 Å². The van der Waals surface area contributed by atoms with Crippen LogP contribution >= 0.6 is 11.3 Å². The molecule has 0 radical (unpaired) electrons. The van der Waals surface area contributed by atoms with Crippen molar-refractivity contribution in [3.05, 3.63) is 16.3 Å². The lowest BCUT2D eigenvalue weighted by Gasteiger charge is -2.40. The number of thiazole rings is 1. The molecule has 0 unspecified atom stereocenters. The van der Waals surface area contributed by atoms with E-state index < -0.39 is 16.0 Å². The van der Waals surface area contributed by atoms with Crippen molar-refractivity contribution in [3.8, 4) is 0 Å². The van der Waals surface area contributed by atoms with Crippen molar-refractivity contribution >= 4 is 38.1 Å². The van der Waals surface area contributed by atoms with Crippen molar-refractivity contribution in [2.75, 3.05) is 17.6 Å². The summed E-state index contributed by atoms with van der Waals surface area (Å²) in [5.74, 6) is -0.454. The molecule has 144 valence electrons. The average molecular weight is 400 g/mol. The van der Waals surface area contributed by atoms with Crippen LogP contribution in [0.15, 0.2) is 0 Å². The van der Waals surface area contributed by atoms with Crippen LogP contribution in [0, 0.1) is 5.41 Å². The minimum absolute atomic E-state index is 0.00695. The van der Waals surface area contributed by atoms with E-state index in [1.54, 1.807) is 11.3 Å². The summed E-state index contributed by atoms with van der Waals surface area (Å²) in [5.41, 5.74) is 1.03. The number of esters is 1. The van der Waals surface area contributed by atoms with Gasteiger partial charge in [-0.1, -0.05) is 27.7 Å². The summed E-state index contributed by atoms with van der Waals surface area (Å²) >= 11 is 1.51. The summed E-state index contributed by atoms with van der Waals surface area (Å²) in [6, 6.07) is 0. The van der Waals surface area contributed by atoms with Crippen LogP contribution in [0.3, 0.4) is 0 Å². The predicted molar refractivity (Wildman–Crippen MR) is 103 cm³/mol. The highest BCUT2D eigenvalue weighted by atomic mass is 32.2. The molecule has 0 aromatic carbocycles. The molecule has 1 aliphatic carbocycles. The first kappa shape index (κ1) is 19.2. The third-order valence-corrected chi connectivity index (χ3v) is 6.52. The molecule has 0 bridgehead atoms. The first-order valence-electron chi connectivity index (χ1n) is 8.54. The van der Waals surface area contributed by atoms with Gasteiger partial charge >= 0.3 is 5.97 Å². The second kappa shape index (κ2) is 5.95. The minimum atomic E-state index is -3.59. The standard InChI is InChI=1S/C17H25N3O4S2/c1-7-24-14(21)11-13(19-26(6,22)23)20-10-8-16(2,3)9-17(4,5)12(10)25-15(20)18-11/h19H,7-9H2,1-6H3. The predicted octanol–water partition coefficient (Wildman–Crippen LogP) is 3.19. The van der Waals surface area contributed by atoms with Crippen molar-refractivity contribution in [2.45, 2.75) is 52.9 Å². The lowest BCUT2D eigenvalue weighted by molar-refractivity contribution is 0.0521. The van der Waals surface area contributed by atoms with Gasteiger partial charge in [0.25, 0.3) is 0 Å². The number of rotatable bonds is 4. The lowest BCUT2D eigenvalue weighted by atomic mass is 9.67. The number of carbonyl (C=O) groups excluding carboxylic acids is 1. The van der Waals surface area contributed by atoms with E-state index in [0.29, 0.717) is 4.96 Å². The molecular formula is C17H25N3O4S2. The normalized spacial score (nSPS) is 18.5. The molecule has 2 aromatic rings. The fourth-order valence-electron chi connectivity index (χ4n) is 4.06. The Balaban J connectivity index is 2.30. The molecule has 2 heterocycles. The second-order valence-corrected chi connectivity index (χ2v) is 11.0. The van der Waals surface area contributed by atoms with Gasteiger partial charge in [-0.15, -0.1) is 11.3 Å². The Kier molecular flexibility index (Phi) is 4.39. The summed E-state index contributed by atoms with van der Waals surface area (Å²) in [4.78, 5) is 18.5. The Labute approximate surface area is 157 Å². The number of hydrogen-bond acceptors (Lipinski definition) is 6. The van der Waals surface area contributed by atoms with Gasteiger partial charge in [0, 0.05) is 16.0 Å². The molecule has 0 aliphatic heterocycles. The summed E-state index contributed by atoms with van der Waals surface area (Å²) in [7, 11) is -3.59. The molecule has 0 fully saturated rings. The van der Waals surface area contributed by atoms with E-state index in [1.165, 1.54) is 16.2 Å². The number of fused-ring (bicyclic) bond motifs is 3. The number of nitrogens with zero attached hydrogens (tertiary/aromatic N) is 2. The monoisotopic (exact) mass is 399 g/mol. The van der Waals surface area contributed by atoms with E-state index in [-0.39, 0.29) is 28.9 Å². The summed E-state index contributed by atoms with van der Waals surface area (Å²) in [6.45, 7) is 10.7. The molecule has 2 aromatic heterocycles. The van der Waals surface area contributed by atoms with Crippen molar-refractivity contribution in [3.63, 3.8) is 0 Å². The average Bonchev–Trinajstić information content (AvgIpc) is 2.94. The van der Waals surface area contributed by atoms with Crippen molar-refractivity contribution in [1.82, 2.24) is 9.38 Å². The van der Waals surface area contributed by atoms with Gasteiger partial charge in [-0.3, -0.25) is 9.12 Å². The van der Waals surface area contributed by atoms with E-state index >= 15 is 0 Å². The third kappa shape index (κ3) is 3.34. The molecule has 1 aliphatic rings. The maximum atomic E-state index is 12.3. The minimum Gasteiger partial charge on any atom is -0.461 e. The van der Waals surface area contributed by atoms with E-state index in [9.17, 15) is 13.2 Å². The number of sulfonamides is 1. The fraction of sp³-hybridized carbons (Fsp3) is 0.647. The van der Waals surface area contributed by atoms with Gasteiger partial charge < -0.3 is 4.74 Å². The van der Waals surface area contributed by atoms with E-state index in [2.05, 4.69) is 37.4 Å². The lowest BCUT2D eigenvalue weighted by Crippen LogP contribution is -2.34. The molecule has 0 saturated heterocycles. The van der Waals surface area contributed by atoms with Crippen LogP contribution in [0.1, 0.15) is 62.1 Å². The summed E-state index contributed by atoms with van der Waals surface area (Å²) in [6.07, 6.45) is 2.87. The quantitative estimate of drug-likeness (QED) is 0.798. The van der Waals surface area contributed by atoms with E-state index in [4.69, 9.17) is 4.74 Å². The molecule has 26 heavy (non-hydrogen) atoms. The zero-order chi connectivity index (χ0) is 19.5. The number of hydrogen-bond donors (Lipinski definition) is 1. The molecule has 7 nitrogen and oxygen atoms in total. The van der Waals surface area contributed by atoms with Crippen molar-refractivity contribution in [1.29, 1.82) is 0 Å². The van der Waals surface area contributed by atoms with Crippen LogP contribution in [0.4, 0.5) is 5.82 Å². The first-order valence-corrected chi connectivity index (χ1v) is 11.2. The van der Waals surface area contributed by atoms with Crippen LogP contribution in [0.25, 0.3) is 4.96 Å². The van der Waals surface area contributed by atoms with Crippen LogP contribution in [-0.4, -0.2) is 36.6 Å². The SMILES string of the molecule is CCOC(=O)c1nc2sc3c(n2c1NS(C)(=O)=O)CC(C)(C)CC3(C)C. The molecule has 0 amide bonds. The molecule has 0 saturated carbocycles. The van der Waals surface area contributed by atoms with Gasteiger partial charge in [0.15, 0.2) is 16.5 Å². The molecule has 1 N–H and O–H groups in total. The summed E-state index contributed by atoms with van der Waals surface area (Å²) in [5, 5.41) is 0. The van der Waals surface area contributed by atoms with Crippen LogP contribution < -0.4 is 4.72 Å². The first-order chi connectivity index (χ1) is 11.8. The number of ether oxygens (including phenoxy) is 1. The van der Waals surface area contributed by atoms with E-state index in [1.807, 2.05) is 0 Å². The highest BCUT2D eigenvalue weighted by Crippen LogP contribution is 2.49. The number of aromatic nitrogens is 2. The largest absolute Gasteiger partial charge is 0.461 e. The Morgan fingerprint density at radius 1 is 1.35 bits per heavy atom. The molecule has 0 atom stereocenters. The Bertz CT molecular complexity index is 983. The number of anilines is 1. The molecule has 3 rings (SSSR count). The van der Waals surface area contributed by atoms with E-state index in [0.717, 1.165) is 24.8 Å². The van der Waals surface area contributed by atoms with Gasteiger partial charge in [-0.05, 0) is 25.2 Å². The van der Waals surface area contributed by atoms with Crippen LogP contribution in [0.5, 0.6) is 0 Å². The fourth-order valence-corrected chi connectivity index (χ4v) is 5.84. The highest BCUT2D eigenvalue weighted by Gasteiger charge is 2.41. The number of nitrogens with one attached hydrogen (secondary N) is 1. The van der Waals surface area contributed by atoms with Gasteiger partial charge in [0.2, 0.25) is 10.0 Å². The Morgan fingerprint density at radius 2 is 2.00 bits per heavy atom. The topological polar surface area (TPSA) is 89.8 Å². The third-order valence-electron chi connectivity index (χ3n) is 4.50. The zero-order valence-corrected chi connectivity index (χ0v) is 17.6. The van der Waals surface area contributed by atoms with Gasteiger partial charge in [-0.2, -0.15) is 0 Å². The maximum Gasteiger partial charge on any atom is 0.360 e. The number of imidazole rings is 1.